The number of sulfonamides is 1. The molecule has 9 nitrogen and oxygen atoms in total. The molecule has 0 bridgehead atoms. The van der Waals surface area contributed by atoms with Crippen LogP contribution in [0.5, 0.6) is 0 Å². The topological polar surface area (TPSA) is 136 Å². The van der Waals surface area contributed by atoms with Crippen LogP contribution in [0.25, 0.3) is 0 Å². The Morgan fingerprint density at radius 2 is 1.92 bits per heavy atom. The molecular weight excluding hydrogens is 374 g/mol. The van der Waals surface area contributed by atoms with Gasteiger partial charge in [0.25, 0.3) is 5.91 Å². The van der Waals surface area contributed by atoms with E-state index < -0.39 is 40.6 Å². The average Bonchev–Trinajstić information content (AvgIpc) is 3.03. The third-order valence-corrected chi connectivity index (χ3v) is 5.68. The molecule has 136 valence electrons. The number of urea groups is 1. The maximum absolute atomic E-state index is 12.7. The highest BCUT2D eigenvalue weighted by Crippen LogP contribution is 2.27. The van der Waals surface area contributed by atoms with Gasteiger partial charge in [0.1, 0.15) is 6.04 Å². The van der Waals surface area contributed by atoms with Crippen LogP contribution in [0.2, 0.25) is 5.02 Å². The van der Waals surface area contributed by atoms with E-state index in [4.69, 9.17) is 22.1 Å². The molecule has 1 aromatic carbocycles. The van der Waals surface area contributed by atoms with Crippen molar-refractivity contribution in [1.82, 2.24) is 9.62 Å². The van der Waals surface area contributed by atoms with E-state index in [1.165, 1.54) is 24.3 Å². The molecule has 0 radical (unpaired) electrons. The van der Waals surface area contributed by atoms with E-state index in [9.17, 15) is 22.8 Å². The first-order valence-electron chi connectivity index (χ1n) is 7.25. The maximum Gasteiger partial charge on any atom is 0.324 e. The van der Waals surface area contributed by atoms with Crippen molar-refractivity contribution in [2.24, 2.45) is 5.73 Å². The minimum absolute atomic E-state index is 0.00284. The zero-order valence-electron chi connectivity index (χ0n) is 13.0. The number of rotatable bonds is 5. The van der Waals surface area contributed by atoms with Gasteiger partial charge in [0, 0.05) is 11.6 Å². The molecule has 1 aliphatic heterocycles. The standard InChI is InChI=1S/C14H16ClN3O6S/c15-9-3-5-10(6-4-9)25(22,23)18-7-1-2-11(18)13(20)24-8-12(19)17-14(16)21/h3-6,11H,1-2,7-8H2,(H3,16,17,19,21). The van der Waals surface area contributed by atoms with E-state index >= 15 is 0 Å². The number of carbonyl (C=O) groups excluding carboxylic acids is 3. The molecule has 25 heavy (non-hydrogen) atoms. The van der Waals surface area contributed by atoms with Gasteiger partial charge in [0.2, 0.25) is 10.0 Å². The molecule has 3 N–H and O–H groups in total. The van der Waals surface area contributed by atoms with Crippen LogP contribution in [0, 0.1) is 0 Å². The van der Waals surface area contributed by atoms with Crippen LogP contribution in [0.4, 0.5) is 4.79 Å². The number of hydrogen-bond donors (Lipinski definition) is 2. The molecule has 1 unspecified atom stereocenters. The van der Waals surface area contributed by atoms with Gasteiger partial charge in [-0.25, -0.2) is 13.2 Å². The number of nitrogens with one attached hydrogen (secondary N) is 1. The van der Waals surface area contributed by atoms with E-state index in [2.05, 4.69) is 0 Å². The summed E-state index contributed by atoms with van der Waals surface area (Å²) in [7, 11) is -3.91. The van der Waals surface area contributed by atoms with Gasteiger partial charge in [-0.15, -0.1) is 0 Å². The fourth-order valence-corrected chi connectivity index (χ4v) is 4.18. The van der Waals surface area contributed by atoms with Crippen LogP contribution >= 0.6 is 11.6 Å². The number of nitrogens with zero attached hydrogens (tertiary/aromatic N) is 1. The lowest BCUT2D eigenvalue weighted by molar-refractivity contribution is -0.151. The van der Waals surface area contributed by atoms with Crippen molar-refractivity contribution in [3.8, 4) is 0 Å². The van der Waals surface area contributed by atoms with Crippen molar-refractivity contribution >= 4 is 39.5 Å². The first kappa shape index (κ1) is 19.2. The highest BCUT2D eigenvalue weighted by atomic mass is 35.5. The van der Waals surface area contributed by atoms with Crippen LogP contribution in [0.1, 0.15) is 12.8 Å². The number of halogens is 1. The molecule has 1 atom stereocenters. The Morgan fingerprint density at radius 1 is 1.28 bits per heavy atom. The van der Waals surface area contributed by atoms with E-state index in [1.54, 1.807) is 5.32 Å². The molecule has 3 amide bonds. The summed E-state index contributed by atoms with van der Waals surface area (Å²) in [6.07, 6.45) is 0.739. The summed E-state index contributed by atoms with van der Waals surface area (Å²) in [5, 5.41) is 2.13. The fourth-order valence-electron chi connectivity index (χ4n) is 2.41. The lowest BCUT2D eigenvalue weighted by Crippen LogP contribution is -2.43. The SMILES string of the molecule is NC(=O)NC(=O)COC(=O)C1CCCN1S(=O)(=O)c1ccc(Cl)cc1. The Bertz CT molecular complexity index is 780. The molecule has 1 saturated heterocycles. The molecule has 0 saturated carbocycles. The molecule has 2 rings (SSSR count). The second kappa shape index (κ2) is 7.81. The number of benzene rings is 1. The number of imide groups is 1. The minimum atomic E-state index is -3.91. The van der Waals surface area contributed by atoms with Crippen LogP contribution in [0.15, 0.2) is 29.2 Å². The number of primary amides is 1. The fraction of sp³-hybridized carbons (Fsp3) is 0.357. The molecule has 1 aliphatic rings. The first-order valence-corrected chi connectivity index (χ1v) is 9.07. The second-order valence-corrected chi connectivity index (χ2v) is 7.57. The lowest BCUT2D eigenvalue weighted by atomic mass is 10.2. The monoisotopic (exact) mass is 389 g/mol. The summed E-state index contributed by atoms with van der Waals surface area (Å²) in [4.78, 5) is 33.9. The third-order valence-electron chi connectivity index (χ3n) is 3.50. The van der Waals surface area contributed by atoms with Crippen LogP contribution in [-0.2, 0) is 24.3 Å². The van der Waals surface area contributed by atoms with Gasteiger partial charge in [-0.3, -0.25) is 14.9 Å². The van der Waals surface area contributed by atoms with E-state index in [0.29, 0.717) is 11.4 Å². The molecule has 11 heteroatoms. The largest absolute Gasteiger partial charge is 0.454 e. The summed E-state index contributed by atoms with van der Waals surface area (Å²) in [5.41, 5.74) is 4.77. The average molecular weight is 390 g/mol. The Kier molecular flexibility index (Phi) is 5.98. The summed E-state index contributed by atoms with van der Waals surface area (Å²) < 4.78 is 31.2. The summed E-state index contributed by atoms with van der Waals surface area (Å²) in [6, 6.07) is 3.45. The first-order chi connectivity index (χ1) is 11.7. The Balaban J connectivity index is 2.08. The van der Waals surface area contributed by atoms with Gasteiger partial charge in [-0.2, -0.15) is 4.31 Å². The van der Waals surface area contributed by atoms with Gasteiger partial charge in [0.05, 0.1) is 4.90 Å². The van der Waals surface area contributed by atoms with E-state index in [1.807, 2.05) is 0 Å². The molecule has 1 aromatic rings. The molecule has 1 fully saturated rings. The number of carbonyl (C=O) groups is 3. The van der Waals surface area contributed by atoms with Gasteiger partial charge < -0.3 is 10.5 Å². The van der Waals surface area contributed by atoms with Crippen molar-refractivity contribution in [3.05, 3.63) is 29.3 Å². The van der Waals surface area contributed by atoms with Crippen molar-refractivity contribution in [3.63, 3.8) is 0 Å². The quantitative estimate of drug-likeness (QED) is 0.692. The van der Waals surface area contributed by atoms with E-state index in [0.717, 1.165) is 4.31 Å². The highest BCUT2D eigenvalue weighted by molar-refractivity contribution is 7.89. The zero-order chi connectivity index (χ0) is 18.6. The predicted molar refractivity (Wildman–Crippen MR) is 87.1 cm³/mol. The van der Waals surface area contributed by atoms with Gasteiger partial charge in [-0.1, -0.05) is 11.6 Å². The van der Waals surface area contributed by atoms with Gasteiger partial charge in [0.15, 0.2) is 6.61 Å². The summed E-state index contributed by atoms with van der Waals surface area (Å²) >= 11 is 5.75. The number of amides is 3. The molecule has 0 aliphatic carbocycles. The van der Waals surface area contributed by atoms with Crippen LogP contribution in [0.3, 0.4) is 0 Å². The number of hydrogen-bond acceptors (Lipinski definition) is 6. The molecule has 0 spiro atoms. The third kappa shape index (κ3) is 4.68. The smallest absolute Gasteiger partial charge is 0.324 e. The Hall–Kier alpha value is -2.17. The number of ether oxygens (including phenoxy) is 1. The number of esters is 1. The number of nitrogens with two attached hydrogens (primary N) is 1. The highest BCUT2D eigenvalue weighted by Gasteiger charge is 2.40. The summed E-state index contributed by atoms with van der Waals surface area (Å²) in [5.74, 6) is -1.76. The molecule has 0 aromatic heterocycles. The van der Waals surface area contributed by atoms with Gasteiger partial charge in [-0.05, 0) is 37.1 Å². The van der Waals surface area contributed by atoms with Crippen molar-refractivity contribution in [1.29, 1.82) is 0 Å². The Morgan fingerprint density at radius 3 is 2.52 bits per heavy atom. The second-order valence-electron chi connectivity index (χ2n) is 5.25. The summed E-state index contributed by atoms with van der Waals surface area (Å²) in [6.45, 7) is -0.578. The predicted octanol–water partition coefficient (Wildman–Crippen LogP) is 0.231. The van der Waals surface area contributed by atoms with Crippen LogP contribution in [-0.4, -0.2) is 49.8 Å². The lowest BCUT2D eigenvalue weighted by Gasteiger charge is -2.22. The van der Waals surface area contributed by atoms with Crippen LogP contribution < -0.4 is 11.1 Å². The normalized spacial score (nSPS) is 17.9. The Labute approximate surface area is 149 Å². The van der Waals surface area contributed by atoms with Crippen molar-refractivity contribution in [2.75, 3.05) is 13.2 Å². The zero-order valence-corrected chi connectivity index (χ0v) is 14.5. The van der Waals surface area contributed by atoms with Gasteiger partial charge >= 0.3 is 12.0 Å². The molecule has 1 heterocycles. The maximum atomic E-state index is 12.7. The minimum Gasteiger partial charge on any atom is -0.454 e. The van der Waals surface area contributed by atoms with Crippen molar-refractivity contribution in [2.45, 2.75) is 23.8 Å². The van der Waals surface area contributed by atoms with E-state index in [-0.39, 0.29) is 17.9 Å². The molecular formula is C14H16ClN3O6S. The van der Waals surface area contributed by atoms with Crippen molar-refractivity contribution < 1.29 is 27.5 Å².